The molecule has 1 atom stereocenters. The van der Waals surface area contributed by atoms with Gasteiger partial charge in [0.1, 0.15) is 0 Å². The molecule has 1 aromatic carbocycles. The maximum atomic E-state index is 11.7. The fraction of sp³-hybridized carbons (Fsp3) is 0.0833. The molecule has 5 nitrogen and oxygen atoms in total. The molecule has 17 heavy (non-hydrogen) atoms. The van der Waals surface area contributed by atoms with Crippen molar-refractivity contribution < 1.29 is 19.0 Å². The molecule has 1 heterocycles. The fourth-order valence-electron chi connectivity index (χ4n) is 1.55. The number of quaternary nitrogens is 1. The van der Waals surface area contributed by atoms with Crippen LogP contribution in [0.4, 0.5) is 0 Å². The molecule has 0 saturated heterocycles. The van der Waals surface area contributed by atoms with Crippen molar-refractivity contribution in [1.29, 1.82) is 0 Å². The number of ketones is 1. The summed E-state index contributed by atoms with van der Waals surface area (Å²) >= 11 is 0. The van der Waals surface area contributed by atoms with Gasteiger partial charge in [-0.3, -0.25) is 4.79 Å². The smallest absolute Gasteiger partial charge is 0.394 e. The third-order valence-electron chi connectivity index (χ3n) is 2.60. The molecule has 0 aromatic heterocycles. The van der Waals surface area contributed by atoms with E-state index >= 15 is 0 Å². The number of Topliss-reactive ketones (excluding diaryl/α,β-unsaturated/α-hetero) is 1. The fourth-order valence-corrected chi connectivity index (χ4v) is 1.55. The van der Waals surface area contributed by atoms with Crippen LogP contribution in [0.2, 0.25) is 0 Å². The van der Waals surface area contributed by atoms with Crippen LogP contribution >= 0.6 is 0 Å². The van der Waals surface area contributed by atoms with Gasteiger partial charge < -0.3 is 5.21 Å². The Labute approximate surface area is 97.1 Å². The summed E-state index contributed by atoms with van der Waals surface area (Å²) in [5, 5.41) is 11.5. The largest absolute Gasteiger partial charge is 0.617 e. The number of carbonyl (C=O) groups is 3. The summed E-state index contributed by atoms with van der Waals surface area (Å²) in [6.07, 6.45) is 0.937. The highest BCUT2D eigenvalue weighted by atomic mass is 16.6. The van der Waals surface area contributed by atoms with E-state index in [1.165, 1.54) is 0 Å². The van der Waals surface area contributed by atoms with E-state index in [9.17, 15) is 19.6 Å². The lowest BCUT2D eigenvalue weighted by Gasteiger charge is -2.33. The SMILES string of the molecule is C[N+]1([O-])C(=O)C=C(c2ccccc2)C(=O)C1=O. The number of amides is 2. The van der Waals surface area contributed by atoms with Gasteiger partial charge in [-0.1, -0.05) is 30.3 Å². The second kappa shape index (κ2) is 3.73. The van der Waals surface area contributed by atoms with Crippen molar-refractivity contribution in [2.24, 2.45) is 0 Å². The summed E-state index contributed by atoms with van der Waals surface area (Å²) < 4.78 is -1.80. The highest BCUT2D eigenvalue weighted by Gasteiger charge is 2.42. The molecule has 0 N–H and O–H groups in total. The van der Waals surface area contributed by atoms with Crippen LogP contribution in [0, 0.1) is 5.21 Å². The predicted octanol–water partition coefficient (Wildman–Crippen LogP) is 0.650. The van der Waals surface area contributed by atoms with Crippen molar-refractivity contribution in [2.45, 2.75) is 0 Å². The predicted molar refractivity (Wildman–Crippen MR) is 59.0 cm³/mol. The zero-order valence-corrected chi connectivity index (χ0v) is 9.04. The molecule has 0 spiro atoms. The van der Waals surface area contributed by atoms with Gasteiger partial charge in [-0.15, -0.1) is 0 Å². The van der Waals surface area contributed by atoms with Crippen LogP contribution in [-0.2, 0) is 14.4 Å². The summed E-state index contributed by atoms with van der Waals surface area (Å²) in [7, 11) is 0.862. The third-order valence-corrected chi connectivity index (χ3v) is 2.60. The number of imide groups is 1. The molecule has 2 amide bonds. The van der Waals surface area contributed by atoms with E-state index in [-0.39, 0.29) is 5.57 Å². The Kier molecular flexibility index (Phi) is 2.49. The number of hydrogen-bond acceptors (Lipinski definition) is 4. The van der Waals surface area contributed by atoms with Gasteiger partial charge in [-0.2, -0.15) is 0 Å². The van der Waals surface area contributed by atoms with Gasteiger partial charge in [0.15, 0.2) is 0 Å². The molecule has 1 aliphatic rings. The zero-order chi connectivity index (χ0) is 12.6. The average molecular weight is 231 g/mol. The molecule has 0 aliphatic carbocycles. The highest BCUT2D eigenvalue weighted by Crippen LogP contribution is 2.23. The molecule has 1 aromatic rings. The minimum absolute atomic E-state index is 0.0212. The van der Waals surface area contributed by atoms with E-state index in [0.29, 0.717) is 5.56 Å². The molecule has 0 fully saturated rings. The molecule has 0 saturated carbocycles. The molecule has 86 valence electrons. The first kappa shape index (κ1) is 11.4. The van der Waals surface area contributed by atoms with Crippen LogP contribution in [0.5, 0.6) is 0 Å². The topological polar surface area (TPSA) is 74.3 Å². The molecule has 0 radical (unpaired) electrons. The number of hydrogen-bond donors (Lipinski definition) is 0. The lowest BCUT2D eigenvalue weighted by atomic mass is 9.97. The van der Waals surface area contributed by atoms with Crippen molar-refractivity contribution in [1.82, 2.24) is 0 Å². The Bertz CT molecular complexity index is 543. The van der Waals surface area contributed by atoms with Gasteiger partial charge >= 0.3 is 11.8 Å². The van der Waals surface area contributed by atoms with Gasteiger partial charge in [-0.25, -0.2) is 14.2 Å². The second-order valence-electron chi connectivity index (χ2n) is 3.82. The van der Waals surface area contributed by atoms with Crippen molar-refractivity contribution in [3.63, 3.8) is 0 Å². The van der Waals surface area contributed by atoms with Gasteiger partial charge in [-0.05, 0) is 5.56 Å². The number of benzene rings is 1. The Morgan fingerprint density at radius 2 is 1.65 bits per heavy atom. The first-order chi connectivity index (χ1) is 7.94. The molecule has 1 aliphatic heterocycles. The monoisotopic (exact) mass is 231 g/mol. The summed E-state index contributed by atoms with van der Waals surface area (Å²) in [5.74, 6) is -3.11. The minimum Gasteiger partial charge on any atom is -0.617 e. The quantitative estimate of drug-likeness (QED) is 0.308. The molecule has 2 rings (SSSR count). The van der Waals surface area contributed by atoms with E-state index in [4.69, 9.17) is 0 Å². The Morgan fingerprint density at radius 1 is 1.06 bits per heavy atom. The average Bonchev–Trinajstić information content (AvgIpc) is 2.33. The molecule has 1 unspecified atom stereocenters. The maximum Gasteiger partial charge on any atom is 0.394 e. The van der Waals surface area contributed by atoms with Crippen molar-refractivity contribution in [3.8, 4) is 0 Å². The maximum absolute atomic E-state index is 11.7. The van der Waals surface area contributed by atoms with Gasteiger partial charge in [0.25, 0.3) is 5.78 Å². The second-order valence-corrected chi connectivity index (χ2v) is 3.82. The summed E-state index contributed by atoms with van der Waals surface area (Å²) in [6, 6.07) is 8.31. The van der Waals surface area contributed by atoms with E-state index in [1.807, 2.05) is 0 Å². The number of likely N-dealkylation sites (N-methyl/N-ethyl adjacent to an activating group) is 1. The first-order valence-electron chi connectivity index (χ1n) is 4.93. The minimum atomic E-state index is -1.80. The Morgan fingerprint density at radius 3 is 2.24 bits per heavy atom. The van der Waals surface area contributed by atoms with Crippen molar-refractivity contribution in [3.05, 3.63) is 47.2 Å². The van der Waals surface area contributed by atoms with Crippen LogP contribution in [-0.4, -0.2) is 29.3 Å². The summed E-state index contributed by atoms with van der Waals surface area (Å²) in [6.45, 7) is 0. The van der Waals surface area contributed by atoms with Gasteiger partial charge in [0.2, 0.25) is 0 Å². The van der Waals surface area contributed by atoms with Crippen LogP contribution in [0.3, 0.4) is 0 Å². The van der Waals surface area contributed by atoms with Crippen molar-refractivity contribution in [2.75, 3.05) is 7.05 Å². The number of rotatable bonds is 1. The first-order valence-corrected chi connectivity index (χ1v) is 4.93. The number of carbonyl (C=O) groups excluding carboxylic acids is 3. The zero-order valence-electron chi connectivity index (χ0n) is 9.04. The summed E-state index contributed by atoms with van der Waals surface area (Å²) in [4.78, 5) is 34.7. The normalized spacial score (nSPS) is 24.8. The standard InChI is InChI=1S/C12H9NO4/c1-13(17)10(14)7-9(11(15)12(13)16)8-5-3-2-4-6-8/h2-7H,1H3. The van der Waals surface area contributed by atoms with Crippen LogP contribution in [0.1, 0.15) is 5.56 Å². The third kappa shape index (κ3) is 1.71. The lowest BCUT2D eigenvalue weighted by molar-refractivity contribution is -0.696. The van der Waals surface area contributed by atoms with Gasteiger partial charge in [0, 0.05) is 5.57 Å². The van der Waals surface area contributed by atoms with E-state index in [0.717, 1.165) is 13.1 Å². The highest BCUT2D eigenvalue weighted by molar-refractivity contribution is 6.55. The van der Waals surface area contributed by atoms with Crippen molar-refractivity contribution >= 4 is 23.2 Å². The number of nitrogens with zero attached hydrogens (tertiary/aromatic N) is 1. The van der Waals surface area contributed by atoms with E-state index in [1.54, 1.807) is 30.3 Å². The molecular formula is C12H9NO4. The molecule has 0 bridgehead atoms. The van der Waals surface area contributed by atoms with Gasteiger partial charge in [0.05, 0.1) is 13.1 Å². The summed E-state index contributed by atoms with van der Waals surface area (Å²) in [5.41, 5.74) is 0.436. The number of hydroxylamine groups is 3. The van der Waals surface area contributed by atoms with Crippen LogP contribution in [0.15, 0.2) is 36.4 Å². The lowest BCUT2D eigenvalue weighted by Crippen LogP contribution is -2.54. The van der Waals surface area contributed by atoms with Crippen LogP contribution in [0.25, 0.3) is 5.57 Å². The van der Waals surface area contributed by atoms with E-state index < -0.39 is 22.2 Å². The molecular weight excluding hydrogens is 222 g/mol. The Hall–Kier alpha value is -2.11. The Balaban J connectivity index is 2.55. The van der Waals surface area contributed by atoms with E-state index in [2.05, 4.69) is 0 Å². The molecule has 5 heteroatoms. The van der Waals surface area contributed by atoms with Crippen LogP contribution < -0.4 is 0 Å².